The minimum Gasteiger partial charge on any atom is -0.334 e. The van der Waals surface area contributed by atoms with Crippen molar-refractivity contribution in [1.29, 1.82) is 0 Å². The van der Waals surface area contributed by atoms with Crippen LogP contribution in [0.15, 0.2) is 18.2 Å². The number of hydrogen-bond donors (Lipinski definition) is 0. The first-order valence-electron chi connectivity index (χ1n) is 5.95. The maximum Gasteiger partial charge on any atom is 0.255 e. The van der Waals surface area contributed by atoms with Gasteiger partial charge in [0.15, 0.2) is 0 Å². The third-order valence-electron chi connectivity index (χ3n) is 3.26. The van der Waals surface area contributed by atoms with Gasteiger partial charge in [0, 0.05) is 22.0 Å². The van der Waals surface area contributed by atoms with E-state index in [1.165, 1.54) is 12.1 Å². The maximum absolute atomic E-state index is 13.0. The van der Waals surface area contributed by atoms with E-state index in [2.05, 4.69) is 0 Å². The van der Waals surface area contributed by atoms with Gasteiger partial charge in [0.05, 0.1) is 5.56 Å². The Morgan fingerprint density at radius 1 is 1.50 bits per heavy atom. The zero-order valence-electron chi connectivity index (χ0n) is 9.83. The van der Waals surface area contributed by atoms with Gasteiger partial charge in [0.25, 0.3) is 5.91 Å². The number of carbonyl (C=O) groups excluding carboxylic acids is 1. The highest BCUT2D eigenvalue weighted by atomic mass is 127. The topological polar surface area (TPSA) is 20.3 Å². The Morgan fingerprint density at radius 3 is 2.72 bits per heavy atom. The zero-order chi connectivity index (χ0) is 13.1. The third-order valence-corrected chi connectivity index (χ3v) is 4.32. The van der Waals surface area contributed by atoms with Crippen molar-refractivity contribution in [2.75, 3.05) is 12.4 Å². The van der Waals surface area contributed by atoms with Crippen molar-refractivity contribution in [2.45, 2.75) is 25.3 Å². The molecular weight excluding hydrogens is 368 g/mol. The maximum atomic E-state index is 13.0. The number of halogens is 3. The second-order valence-corrected chi connectivity index (χ2v) is 5.94. The molecule has 0 N–H and O–H groups in total. The number of amides is 1. The number of nitrogens with zero attached hydrogens (tertiary/aromatic N) is 1. The van der Waals surface area contributed by atoms with E-state index in [1.807, 2.05) is 27.5 Å². The van der Waals surface area contributed by atoms with Gasteiger partial charge < -0.3 is 4.90 Å². The van der Waals surface area contributed by atoms with E-state index in [-0.39, 0.29) is 11.7 Å². The second kappa shape index (κ2) is 6.19. The van der Waals surface area contributed by atoms with Crippen LogP contribution in [0.4, 0.5) is 4.39 Å². The first-order valence-corrected chi connectivity index (χ1v) is 7.57. The molecule has 98 valence electrons. The van der Waals surface area contributed by atoms with Gasteiger partial charge in [-0.1, -0.05) is 0 Å². The van der Waals surface area contributed by atoms with Crippen LogP contribution in [0.25, 0.3) is 0 Å². The van der Waals surface area contributed by atoms with Gasteiger partial charge in [0.2, 0.25) is 0 Å². The third kappa shape index (κ3) is 2.96. The van der Waals surface area contributed by atoms with Crippen LogP contribution in [0.5, 0.6) is 0 Å². The smallest absolute Gasteiger partial charge is 0.255 e. The molecule has 1 aromatic carbocycles. The molecule has 1 aliphatic carbocycles. The van der Waals surface area contributed by atoms with E-state index in [0.717, 1.165) is 19.3 Å². The largest absolute Gasteiger partial charge is 0.334 e. The van der Waals surface area contributed by atoms with Gasteiger partial charge in [-0.2, -0.15) is 0 Å². The van der Waals surface area contributed by atoms with Crippen LogP contribution in [0.2, 0.25) is 0 Å². The standard InChI is InChI=1S/C13H14ClFINO/c14-6-7-17(10-2-1-3-10)13(18)11-5-4-9(15)8-12(11)16/h4-5,8,10H,1-3,6-7H2. The average Bonchev–Trinajstić information content (AvgIpc) is 2.25. The molecule has 2 rings (SSSR count). The van der Waals surface area contributed by atoms with Crippen LogP contribution in [0.3, 0.4) is 0 Å². The zero-order valence-corrected chi connectivity index (χ0v) is 12.7. The van der Waals surface area contributed by atoms with Crippen molar-refractivity contribution in [3.8, 4) is 0 Å². The van der Waals surface area contributed by atoms with Crippen molar-refractivity contribution >= 4 is 40.1 Å². The fourth-order valence-corrected chi connectivity index (χ4v) is 2.95. The molecule has 1 fully saturated rings. The molecule has 1 aromatic rings. The van der Waals surface area contributed by atoms with E-state index in [0.29, 0.717) is 27.6 Å². The second-order valence-electron chi connectivity index (χ2n) is 4.40. The highest BCUT2D eigenvalue weighted by Gasteiger charge is 2.29. The number of hydrogen-bond acceptors (Lipinski definition) is 1. The van der Waals surface area contributed by atoms with E-state index in [9.17, 15) is 9.18 Å². The summed E-state index contributed by atoms with van der Waals surface area (Å²) >= 11 is 7.76. The number of carbonyl (C=O) groups is 1. The fraction of sp³-hybridized carbons (Fsp3) is 0.462. The Kier molecular flexibility index (Phi) is 4.84. The van der Waals surface area contributed by atoms with Crippen LogP contribution >= 0.6 is 34.2 Å². The summed E-state index contributed by atoms with van der Waals surface area (Å²) in [5.41, 5.74) is 0.564. The van der Waals surface area contributed by atoms with Crippen molar-refractivity contribution in [2.24, 2.45) is 0 Å². The Balaban J connectivity index is 2.21. The van der Waals surface area contributed by atoms with Gasteiger partial charge in [-0.3, -0.25) is 4.79 Å². The quantitative estimate of drug-likeness (QED) is 0.576. The van der Waals surface area contributed by atoms with Gasteiger partial charge >= 0.3 is 0 Å². The fourth-order valence-electron chi connectivity index (χ4n) is 2.06. The first kappa shape index (κ1) is 14.1. The molecule has 0 bridgehead atoms. The number of alkyl halides is 1. The molecule has 0 heterocycles. The van der Waals surface area contributed by atoms with Crippen LogP contribution in [0, 0.1) is 9.39 Å². The molecule has 0 unspecified atom stereocenters. The van der Waals surface area contributed by atoms with Crippen LogP contribution in [-0.2, 0) is 0 Å². The molecule has 0 spiro atoms. The summed E-state index contributed by atoms with van der Waals surface area (Å²) in [5, 5.41) is 0. The lowest BCUT2D eigenvalue weighted by molar-refractivity contribution is 0.0597. The lowest BCUT2D eigenvalue weighted by atomic mass is 9.91. The highest BCUT2D eigenvalue weighted by Crippen LogP contribution is 2.27. The Morgan fingerprint density at radius 2 is 2.22 bits per heavy atom. The normalized spacial score (nSPS) is 15.3. The molecule has 18 heavy (non-hydrogen) atoms. The monoisotopic (exact) mass is 381 g/mol. The molecule has 0 aromatic heterocycles. The Labute approximate surface area is 125 Å². The molecule has 1 aliphatic rings. The summed E-state index contributed by atoms with van der Waals surface area (Å²) < 4.78 is 13.7. The Bertz CT molecular complexity index is 451. The van der Waals surface area contributed by atoms with Crippen LogP contribution in [0.1, 0.15) is 29.6 Å². The van der Waals surface area contributed by atoms with Crippen molar-refractivity contribution < 1.29 is 9.18 Å². The predicted molar refractivity (Wildman–Crippen MR) is 78.5 cm³/mol. The van der Waals surface area contributed by atoms with Crippen LogP contribution in [-0.4, -0.2) is 29.3 Å². The lowest BCUT2D eigenvalue weighted by Crippen LogP contribution is -2.45. The van der Waals surface area contributed by atoms with E-state index >= 15 is 0 Å². The summed E-state index contributed by atoms with van der Waals surface area (Å²) in [6.07, 6.45) is 3.25. The summed E-state index contributed by atoms with van der Waals surface area (Å²) in [4.78, 5) is 14.3. The van der Waals surface area contributed by atoms with Crippen molar-refractivity contribution in [3.05, 3.63) is 33.1 Å². The van der Waals surface area contributed by atoms with Crippen molar-refractivity contribution in [3.63, 3.8) is 0 Å². The molecule has 0 saturated heterocycles. The molecule has 1 saturated carbocycles. The van der Waals surface area contributed by atoms with Gasteiger partial charge in [-0.05, 0) is 60.1 Å². The SMILES string of the molecule is O=C(c1ccc(F)cc1I)N(CCCl)C1CCC1. The molecule has 0 atom stereocenters. The molecular formula is C13H14ClFINO. The molecule has 0 aliphatic heterocycles. The van der Waals surface area contributed by atoms with E-state index in [1.54, 1.807) is 6.07 Å². The van der Waals surface area contributed by atoms with Gasteiger partial charge in [-0.15, -0.1) is 11.6 Å². The molecule has 5 heteroatoms. The number of rotatable bonds is 4. The van der Waals surface area contributed by atoms with E-state index in [4.69, 9.17) is 11.6 Å². The highest BCUT2D eigenvalue weighted by molar-refractivity contribution is 14.1. The minimum atomic E-state index is -0.316. The Hall–Kier alpha value is -0.360. The summed E-state index contributed by atoms with van der Waals surface area (Å²) in [5.74, 6) is 0.0771. The average molecular weight is 382 g/mol. The number of benzene rings is 1. The minimum absolute atomic E-state index is 0.0373. The van der Waals surface area contributed by atoms with Crippen molar-refractivity contribution in [1.82, 2.24) is 4.90 Å². The van der Waals surface area contributed by atoms with Gasteiger partial charge in [-0.25, -0.2) is 4.39 Å². The first-order chi connectivity index (χ1) is 8.63. The summed E-state index contributed by atoms with van der Waals surface area (Å²) in [6.45, 7) is 0.554. The van der Waals surface area contributed by atoms with Gasteiger partial charge in [0.1, 0.15) is 5.82 Å². The molecule has 1 amide bonds. The summed E-state index contributed by atoms with van der Waals surface area (Å²) in [6, 6.07) is 4.57. The van der Waals surface area contributed by atoms with Crippen LogP contribution < -0.4 is 0 Å². The lowest BCUT2D eigenvalue weighted by Gasteiger charge is -2.37. The molecule has 2 nitrogen and oxygen atoms in total. The molecule has 0 radical (unpaired) electrons. The predicted octanol–water partition coefficient (Wildman–Crippen LogP) is 3.66. The van der Waals surface area contributed by atoms with E-state index < -0.39 is 0 Å². The summed E-state index contributed by atoms with van der Waals surface area (Å²) in [7, 11) is 0.